The maximum atomic E-state index is 10.6. The lowest BCUT2D eigenvalue weighted by Gasteiger charge is -2.38. The van der Waals surface area contributed by atoms with E-state index in [1.807, 2.05) is 24.0 Å². The summed E-state index contributed by atoms with van der Waals surface area (Å²) < 4.78 is 1.88. The zero-order valence-electron chi connectivity index (χ0n) is 10.1. The Kier molecular flexibility index (Phi) is 3.30. The average molecular weight is 223 g/mol. The van der Waals surface area contributed by atoms with Gasteiger partial charge in [-0.05, 0) is 37.8 Å². The summed E-state index contributed by atoms with van der Waals surface area (Å²) in [7, 11) is 1.95. The fraction of sp³-hybridized carbons (Fsp3) is 0.750. The van der Waals surface area contributed by atoms with E-state index in [1.54, 1.807) is 0 Å². The van der Waals surface area contributed by atoms with Crippen molar-refractivity contribution in [2.45, 2.75) is 31.8 Å². The molecule has 90 valence electrons. The van der Waals surface area contributed by atoms with E-state index in [2.05, 4.69) is 17.3 Å². The molecule has 16 heavy (non-hydrogen) atoms. The largest absolute Gasteiger partial charge is 0.390 e. The van der Waals surface area contributed by atoms with Crippen LogP contribution in [0.4, 0.5) is 0 Å². The molecule has 2 heterocycles. The van der Waals surface area contributed by atoms with Crippen molar-refractivity contribution in [2.75, 3.05) is 13.1 Å². The van der Waals surface area contributed by atoms with Crippen molar-refractivity contribution in [3.05, 3.63) is 18.0 Å². The number of aliphatic hydroxyl groups is 1. The summed E-state index contributed by atoms with van der Waals surface area (Å²) in [4.78, 5) is 0. The van der Waals surface area contributed by atoms with E-state index in [4.69, 9.17) is 0 Å². The van der Waals surface area contributed by atoms with Gasteiger partial charge in [0.1, 0.15) is 0 Å². The summed E-state index contributed by atoms with van der Waals surface area (Å²) in [6, 6.07) is 2.02. The van der Waals surface area contributed by atoms with Crippen molar-refractivity contribution < 1.29 is 5.11 Å². The van der Waals surface area contributed by atoms with Crippen LogP contribution in [-0.2, 0) is 13.5 Å². The predicted molar refractivity (Wildman–Crippen MR) is 63.1 cm³/mol. The lowest BCUT2D eigenvalue weighted by atomic mass is 9.79. The third-order valence-corrected chi connectivity index (χ3v) is 3.84. The minimum Gasteiger partial charge on any atom is -0.390 e. The Hall–Kier alpha value is -0.870. The van der Waals surface area contributed by atoms with Gasteiger partial charge < -0.3 is 10.4 Å². The molecule has 4 heteroatoms. The molecule has 4 nitrogen and oxygen atoms in total. The van der Waals surface area contributed by atoms with Crippen LogP contribution >= 0.6 is 0 Å². The van der Waals surface area contributed by atoms with Gasteiger partial charge in [0.05, 0.1) is 5.60 Å². The highest BCUT2D eigenvalue weighted by Crippen LogP contribution is 2.28. The van der Waals surface area contributed by atoms with Gasteiger partial charge in [0.25, 0.3) is 0 Å². The molecule has 0 bridgehead atoms. The Labute approximate surface area is 96.7 Å². The quantitative estimate of drug-likeness (QED) is 0.793. The van der Waals surface area contributed by atoms with Gasteiger partial charge in [0, 0.05) is 25.5 Å². The van der Waals surface area contributed by atoms with Crippen molar-refractivity contribution in [2.24, 2.45) is 13.0 Å². The Bertz CT molecular complexity index is 350. The molecule has 1 aliphatic rings. The van der Waals surface area contributed by atoms with Crippen LogP contribution in [0.2, 0.25) is 0 Å². The van der Waals surface area contributed by atoms with Crippen LogP contribution < -0.4 is 5.32 Å². The number of hydrogen-bond acceptors (Lipinski definition) is 3. The fourth-order valence-electron chi connectivity index (χ4n) is 2.42. The molecule has 0 amide bonds. The van der Waals surface area contributed by atoms with Crippen LogP contribution in [0.1, 0.15) is 25.5 Å². The molecule has 1 aliphatic heterocycles. The van der Waals surface area contributed by atoms with Crippen molar-refractivity contribution in [1.82, 2.24) is 15.1 Å². The highest BCUT2D eigenvalue weighted by atomic mass is 16.3. The molecule has 1 aromatic rings. The van der Waals surface area contributed by atoms with Crippen LogP contribution in [0.3, 0.4) is 0 Å². The number of nitrogens with one attached hydrogen (secondary N) is 1. The van der Waals surface area contributed by atoms with Crippen LogP contribution in [0, 0.1) is 5.92 Å². The number of nitrogens with zero attached hydrogens (tertiary/aromatic N) is 2. The molecule has 2 unspecified atom stereocenters. The van der Waals surface area contributed by atoms with Gasteiger partial charge in [-0.25, -0.2) is 0 Å². The summed E-state index contributed by atoms with van der Waals surface area (Å²) >= 11 is 0. The summed E-state index contributed by atoms with van der Waals surface area (Å²) in [6.45, 7) is 3.96. The molecule has 2 atom stereocenters. The van der Waals surface area contributed by atoms with Gasteiger partial charge in [0.15, 0.2) is 0 Å². The number of aryl methyl sites for hydroxylation is 2. The van der Waals surface area contributed by atoms with Gasteiger partial charge >= 0.3 is 0 Å². The Balaban J connectivity index is 1.96. The molecule has 1 fully saturated rings. The van der Waals surface area contributed by atoms with E-state index in [0.717, 1.165) is 32.4 Å². The Morgan fingerprint density at radius 3 is 3.12 bits per heavy atom. The highest BCUT2D eigenvalue weighted by molar-refractivity contribution is 5.02. The normalized spacial score (nSPS) is 30.6. The second-order valence-electron chi connectivity index (χ2n) is 4.90. The predicted octanol–water partition coefficient (Wildman–Crippen LogP) is 0.713. The molecule has 0 aliphatic carbocycles. The summed E-state index contributed by atoms with van der Waals surface area (Å²) in [5.41, 5.74) is 0.689. The second kappa shape index (κ2) is 4.55. The van der Waals surface area contributed by atoms with Crippen LogP contribution in [0.25, 0.3) is 0 Å². The molecule has 2 rings (SSSR count). The molecule has 1 aromatic heterocycles. The first kappa shape index (κ1) is 11.6. The number of piperidine rings is 1. The van der Waals surface area contributed by atoms with Gasteiger partial charge in [-0.1, -0.05) is 6.92 Å². The number of hydrogen-bond donors (Lipinski definition) is 2. The molecule has 0 spiro atoms. The molecule has 0 saturated carbocycles. The minimum absolute atomic E-state index is 0.328. The SMILES string of the molecule is CC1CNCCC1(O)CCc1ccnn1C. The van der Waals surface area contributed by atoms with Crippen molar-refractivity contribution in [1.29, 1.82) is 0 Å². The first-order valence-electron chi connectivity index (χ1n) is 6.02. The third-order valence-electron chi connectivity index (χ3n) is 3.84. The molecule has 0 radical (unpaired) electrons. The molecule has 2 N–H and O–H groups in total. The molecular formula is C12H21N3O. The van der Waals surface area contributed by atoms with Gasteiger partial charge in [-0.2, -0.15) is 5.10 Å². The zero-order chi connectivity index (χ0) is 11.6. The maximum Gasteiger partial charge on any atom is 0.0701 e. The van der Waals surface area contributed by atoms with E-state index in [1.165, 1.54) is 5.69 Å². The van der Waals surface area contributed by atoms with E-state index < -0.39 is 5.60 Å². The second-order valence-corrected chi connectivity index (χ2v) is 4.90. The van der Waals surface area contributed by atoms with E-state index in [0.29, 0.717) is 5.92 Å². The number of aromatic nitrogens is 2. The van der Waals surface area contributed by atoms with Crippen LogP contribution in [-0.4, -0.2) is 33.6 Å². The van der Waals surface area contributed by atoms with Crippen LogP contribution in [0.15, 0.2) is 12.3 Å². The minimum atomic E-state index is -0.504. The van der Waals surface area contributed by atoms with Crippen molar-refractivity contribution in [3.8, 4) is 0 Å². The molecule has 1 saturated heterocycles. The monoisotopic (exact) mass is 223 g/mol. The highest BCUT2D eigenvalue weighted by Gasteiger charge is 2.35. The average Bonchev–Trinajstić information content (AvgIpc) is 2.66. The summed E-state index contributed by atoms with van der Waals surface area (Å²) in [6.07, 6.45) is 4.39. The van der Waals surface area contributed by atoms with Gasteiger partial charge in [0.2, 0.25) is 0 Å². The molecule has 0 aromatic carbocycles. The maximum absolute atomic E-state index is 10.6. The van der Waals surface area contributed by atoms with Crippen molar-refractivity contribution in [3.63, 3.8) is 0 Å². The van der Waals surface area contributed by atoms with E-state index in [-0.39, 0.29) is 0 Å². The topological polar surface area (TPSA) is 50.1 Å². The van der Waals surface area contributed by atoms with E-state index >= 15 is 0 Å². The summed E-state index contributed by atoms with van der Waals surface area (Å²) in [5.74, 6) is 0.328. The smallest absolute Gasteiger partial charge is 0.0701 e. The number of rotatable bonds is 3. The van der Waals surface area contributed by atoms with E-state index in [9.17, 15) is 5.11 Å². The fourth-order valence-corrected chi connectivity index (χ4v) is 2.42. The van der Waals surface area contributed by atoms with Gasteiger partial charge in [-0.3, -0.25) is 4.68 Å². The van der Waals surface area contributed by atoms with Gasteiger partial charge in [-0.15, -0.1) is 0 Å². The molecular weight excluding hydrogens is 202 g/mol. The zero-order valence-corrected chi connectivity index (χ0v) is 10.1. The Morgan fingerprint density at radius 1 is 1.69 bits per heavy atom. The Morgan fingerprint density at radius 2 is 2.50 bits per heavy atom. The first-order valence-corrected chi connectivity index (χ1v) is 6.02. The lowest BCUT2D eigenvalue weighted by Crippen LogP contribution is -2.49. The lowest BCUT2D eigenvalue weighted by molar-refractivity contribution is -0.0404. The van der Waals surface area contributed by atoms with Crippen LogP contribution in [0.5, 0.6) is 0 Å². The third kappa shape index (κ3) is 2.28. The summed E-state index contributed by atoms with van der Waals surface area (Å²) in [5, 5.41) is 18.0. The van der Waals surface area contributed by atoms with Crippen molar-refractivity contribution >= 4 is 0 Å². The first-order chi connectivity index (χ1) is 7.62. The standard InChI is InChI=1S/C12H21N3O/c1-10-9-13-8-6-12(10,16)5-3-11-4-7-14-15(11)2/h4,7,10,13,16H,3,5-6,8-9H2,1-2H3.